The van der Waals surface area contributed by atoms with E-state index in [4.69, 9.17) is 16.3 Å². The zero-order valence-electron chi connectivity index (χ0n) is 22.0. The predicted octanol–water partition coefficient (Wildman–Crippen LogP) is 6.71. The normalized spacial score (nSPS) is 14.6. The van der Waals surface area contributed by atoms with Crippen LogP contribution in [0.5, 0.6) is 0 Å². The Bertz CT molecular complexity index is 1230. The van der Waals surface area contributed by atoms with Gasteiger partial charge < -0.3 is 15.0 Å². The molecule has 1 aliphatic heterocycles. The molecule has 1 aliphatic rings. The molecule has 1 atom stereocenters. The summed E-state index contributed by atoms with van der Waals surface area (Å²) in [6, 6.07) is 22.2. The van der Waals surface area contributed by atoms with Crippen LogP contribution in [0.25, 0.3) is 0 Å². The lowest BCUT2D eigenvalue weighted by atomic mass is 10.1. The summed E-state index contributed by atoms with van der Waals surface area (Å²) in [4.78, 5) is 21.8. The molecule has 1 heterocycles. The van der Waals surface area contributed by atoms with Gasteiger partial charge in [0.1, 0.15) is 0 Å². The third kappa shape index (κ3) is 7.60. The van der Waals surface area contributed by atoms with Gasteiger partial charge in [-0.05, 0) is 74.5 Å². The monoisotopic (exact) mass is 550 g/mol. The Morgan fingerprint density at radius 1 is 1.16 bits per heavy atom. The summed E-state index contributed by atoms with van der Waals surface area (Å²) in [5, 5.41) is 3.20. The lowest BCUT2D eigenvalue weighted by Gasteiger charge is -2.28. The molecule has 3 aromatic rings. The van der Waals surface area contributed by atoms with E-state index in [-0.39, 0.29) is 11.2 Å². The molecule has 1 saturated heterocycles. The summed E-state index contributed by atoms with van der Waals surface area (Å²) < 4.78 is 5.46. The molecule has 1 fully saturated rings. The fourth-order valence-corrected chi connectivity index (χ4v) is 5.44. The average Bonchev–Trinajstić information content (AvgIpc) is 2.94. The van der Waals surface area contributed by atoms with Crippen LogP contribution in [0.1, 0.15) is 18.1 Å². The molecular weight excluding hydrogens is 516 g/mol. The van der Waals surface area contributed by atoms with Crippen molar-refractivity contribution in [2.75, 3.05) is 48.9 Å². The third-order valence-electron chi connectivity index (χ3n) is 6.62. The van der Waals surface area contributed by atoms with Crippen LogP contribution >= 0.6 is 23.4 Å². The standard InChI is InChI=1S/C30H35ClN4O2S/c1-22-8-13-27(26(31)20-22)33-30(36)23(2)38-21-35(29-7-5-4-6-28(29)32-3)25-11-9-24(10-12-25)14-15-34-16-18-37-19-17-34/h4-13,20,23H,3,14-19,21H2,1-2H3,(H,33,36). The predicted molar refractivity (Wildman–Crippen MR) is 162 cm³/mol. The van der Waals surface area contributed by atoms with Gasteiger partial charge in [0.15, 0.2) is 0 Å². The lowest BCUT2D eigenvalue weighted by molar-refractivity contribution is -0.115. The summed E-state index contributed by atoms with van der Waals surface area (Å²) in [5.74, 6) is 0.477. The van der Waals surface area contributed by atoms with Crippen molar-refractivity contribution >= 4 is 58.7 Å². The van der Waals surface area contributed by atoms with Crippen LogP contribution in [0.2, 0.25) is 5.02 Å². The minimum atomic E-state index is -0.300. The summed E-state index contributed by atoms with van der Waals surface area (Å²) in [6.07, 6.45) is 0.999. The molecule has 1 N–H and O–H groups in total. The number of hydrogen-bond donors (Lipinski definition) is 1. The maximum absolute atomic E-state index is 13.0. The molecule has 3 aromatic carbocycles. The highest BCUT2D eigenvalue weighted by Crippen LogP contribution is 2.36. The number of anilines is 3. The summed E-state index contributed by atoms with van der Waals surface area (Å²) in [7, 11) is 0. The van der Waals surface area contributed by atoms with Gasteiger partial charge >= 0.3 is 0 Å². The van der Waals surface area contributed by atoms with Crippen molar-refractivity contribution in [3.63, 3.8) is 0 Å². The molecule has 0 radical (unpaired) electrons. The largest absolute Gasteiger partial charge is 0.379 e. The third-order valence-corrected chi connectivity index (χ3v) is 8.05. The zero-order chi connectivity index (χ0) is 26.9. The van der Waals surface area contributed by atoms with E-state index in [1.165, 1.54) is 5.56 Å². The molecule has 8 heteroatoms. The number of morpholine rings is 1. The highest BCUT2D eigenvalue weighted by atomic mass is 35.5. The first kappa shape index (κ1) is 28.2. The number of halogens is 1. The molecule has 38 heavy (non-hydrogen) atoms. The molecular formula is C30H35ClN4O2S. The second-order valence-corrected chi connectivity index (χ2v) is 11.1. The van der Waals surface area contributed by atoms with Gasteiger partial charge in [-0.2, -0.15) is 0 Å². The number of carbonyl (C=O) groups is 1. The van der Waals surface area contributed by atoms with E-state index in [1.54, 1.807) is 11.8 Å². The first-order valence-corrected chi connectivity index (χ1v) is 14.3. The minimum absolute atomic E-state index is 0.0886. The Hall–Kier alpha value is -2.84. The number of thioether (sulfide) groups is 1. The Labute approximate surface area is 235 Å². The smallest absolute Gasteiger partial charge is 0.237 e. The van der Waals surface area contributed by atoms with Crippen LogP contribution in [0.4, 0.5) is 22.7 Å². The number of amides is 1. The van der Waals surface area contributed by atoms with Crippen molar-refractivity contribution in [2.45, 2.75) is 25.5 Å². The highest BCUT2D eigenvalue weighted by molar-refractivity contribution is 8.00. The van der Waals surface area contributed by atoms with E-state index in [0.29, 0.717) is 16.6 Å². The Balaban J connectivity index is 1.45. The van der Waals surface area contributed by atoms with Crippen LogP contribution in [0.15, 0.2) is 71.7 Å². The Morgan fingerprint density at radius 2 is 1.89 bits per heavy atom. The number of para-hydroxylation sites is 2. The van der Waals surface area contributed by atoms with E-state index < -0.39 is 0 Å². The SMILES string of the molecule is C=Nc1ccccc1N(CSC(C)C(=O)Nc1ccc(C)cc1Cl)c1ccc(CCN2CCOCC2)cc1. The molecule has 4 rings (SSSR count). The lowest BCUT2D eigenvalue weighted by Crippen LogP contribution is -2.37. The Morgan fingerprint density at radius 3 is 2.61 bits per heavy atom. The van der Waals surface area contributed by atoms with Crippen LogP contribution in [0.3, 0.4) is 0 Å². The van der Waals surface area contributed by atoms with Gasteiger partial charge in [-0.3, -0.25) is 14.7 Å². The van der Waals surface area contributed by atoms with Gasteiger partial charge in [0, 0.05) is 25.3 Å². The Kier molecular flexibility index (Phi) is 10.2. The number of benzene rings is 3. The van der Waals surface area contributed by atoms with Crippen LogP contribution in [-0.2, 0) is 16.0 Å². The molecule has 200 valence electrons. The van der Waals surface area contributed by atoms with Crippen molar-refractivity contribution in [1.82, 2.24) is 4.90 Å². The average molecular weight is 551 g/mol. The van der Waals surface area contributed by atoms with Gasteiger partial charge in [0.25, 0.3) is 0 Å². The molecule has 0 bridgehead atoms. The fourth-order valence-electron chi connectivity index (χ4n) is 4.28. The quantitative estimate of drug-likeness (QED) is 0.212. The highest BCUT2D eigenvalue weighted by Gasteiger charge is 2.19. The molecule has 1 amide bonds. The van der Waals surface area contributed by atoms with Crippen molar-refractivity contribution in [1.29, 1.82) is 0 Å². The van der Waals surface area contributed by atoms with E-state index in [0.717, 1.165) is 61.9 Å². The number of nitrogens with zero attached hydrogens (tertiary/aromatic N) is 3. The summed E-state index contributed by atoms with van der Waals surface area (Å²) >= 11 is 7.88. The number of hydrogen-bond acceptors (Lipinski definition) is 6. The van der Waals surface area contributed by atoms with Gasteiger partial charge in [0.2, 0.25) is 5.91 Å². The van der Waals surface area contributed by atoms with Gasteiger partial charge in [0.05, 0.1) is 46.4 Å². The molecule has 0 saturated carbocycles. The first-order valence-electron chi connectivity index (χ1n) is 12.9. The number of ether oxygens (including phenoxy) is 1. The second-order valence-electron chi connectivity index (χ2n) is 9.36. The van der Waals surface area contributed by atoms with E-state index in [2.05, 4.69) is 51.1 Å². The number of nitrogens with one attached hydrogen (secondary N) is 1. The van der Waals surface area contributed by atoms with Crippen LogP contribution in [0, 0.1) is 6.92 Å². The van der Waals surface area contributed by atoms with E-state index in [9.17, 15) is 4.79 Å². The van der Waals surface area contributed by atoms with E-state index >= 15 is 0 Å². The van der Waals surface area contributed by atoms with Crippen LogP contribution < -0.4 is 10.2 Å². The number of carbonyl (C=O) groups excluding carboxylic acids is 1. The molecule has 0 spiro atoms. The number of rotatable bonds is 11. The molecule has 0 aliphatic carbocycles. The summed E-state index contributed by atoms with van der Waals surface area (Å²) in [6.45, 7) is 12.3. The fraction of sp³-hybridized carbons (Fsp3) is 0.333. The zero-order valence-corrected chi connectivity index (χ0v) is 23.6. The number of aliphatic imine (C=N–C) groups is 1. The molecule has 6 nitrogen and oxygen atoms in total. The second kappa shape index (κ2) is 13.8. The molecule has 0 aromatic heterocycles. The molecule has 1 unspecified atom stereocenters. The number of aryl methyl sites for hydroxylation is 1. The first-order chi connectivity index (χ1) is 18.4. The maximum atomic E-state index is 13.0. The summed E-state index contributed by atoms with van der Waals surface area (Å²) in [5.41, 5.74) is 5.76. The van der Waals surface area contributed by atoms with Gasteiger partial charge in [-0.15, -0.1) is 11.8 Å². The van der Waals surface area contributed by atoms with Crippen molar-refractivity contribution < 1.29 is 9.53 Å². The minimum Gasteiger partial charge on any atom is -0.379 e. The van der Waals surface area contributed by atoms with Gasteiger partial charge in [-0.25, -0.2) is 0 Å². The van der Waals surface area contributed by atoms with Crippen molar-refractivity contribution in [2.24, 2.45) is 4.99 Å². The topological polar surface area (TPSA) is 57.2 Å². The van der Waals surface area contributed by atoms with E-state index in [1.807, 2.05) is 56.3 Å². The van der Waals surface area contributed by atoms with Crippen molar-refractivity contribution in [3.05, 3.63) is 82.9 Å². The van der Waals surface area contributed by atoms with Gasteiger partial charge in [-0.1, -0.05) is 41.9 Å². The maximum Gasteiger partial charge on any atom is 0.237 e. The van der Waals surface area contributed by atoms with Crippen molar-refractivity contribution in [3.8, 4) is 0 Å². The van der Waals surface area contributed by atoms with Crippen LogP contribution in [-0.4, -0.2) is 61.5 Å².